The van der Waals surface area contributed by atoms with Crippen LogP contribution in [0.2, 0.25) is 0 Å². The number of nitrogens with zero attached hydrogens (tertiary/aromatic N) is 4. The van der Waals surface area contributed by atoms with Gasteiger partial charge in [0.1, 0.15) is 11.6 Å². The number of carbonyl (C=O) groups is 4. The molecule has 54 heavy (non-hydrogen) atoms. The Kier molecular flexibility index (Phi) is 11.1. The van der Waals surface area contributed by atoms with Crippen LogP contribution in [0.15, 0.2) is 47.4 Å². The number of ether oxygens (including phenoxy) is 1. The van der Waals surface area contributed by atoms with E-state index in [1.54, 1.807) is 11.0 Å². The first-order valence-corrected chi connectivity index (χ1v) is 21.0. The van der Waals surface area contributed by atoms with Crippen molar-refractivity contribution in [3.05, 3.63) is 59.2 Å². The molecule has 292 valence electrons. The van der Waals surface area contributed by atoms with Crippen LogP contribution >= 0.6 is 0 Å². The van der Waals surface area contributed by atoms with Crippen LogP contribution in [0.4, 0.5) is 10.5 Å². The predicted octanol–water partition coefficient (Wildman–Crippen LogP) is 4.22. The van der Waals surface area contributed by atoms with Crippen LogP contribution in [0, 0.1) is 5.92 Å². The van der Waals surface area contributed by atoms with Crippen molar-refractivity contribution in [3.8, 4) is 0 Å². The van der Waals surface area contributed by atoms with Crippen molar-refractivity contribution in [3.63, 3.8) is 0 Å². The van der Waals surface area contributed by atoms with Gasteiger partial charge in [-0.25, -0.2) is 13.2 Å². The highest BCUT2D eigenvalue weighted by Crippen LogP contribution is 2.34. The number of sulfonamides is 1. The molecule has 0 spiro atoms. The largest absolute Gasteiger partial charge is 0.444 e. The summed E-state index contributed by atoms with van der Waals surface area (Å²) in [6.07, 6.45) is 5.39. The molecule has 2 N–H and O–H groups in total. The molecule has 5 aliphatic heterocycles. The van der Waals surface area contributed by atoms with Gasteiger partial charge in [-0.3, -0.25) is 19.7 Å². The summed E-state index contributed by atoms with van der Waals surface area (Å²) in [5.74, 6) is 0.107. The molecule has 0 bridgehead atoms. The first-order valence-electron chi connectivity index (χ1n) is 19.6. The van der Waals surface area contributed by atoms with Crippen LogP contribution in [0.3, 0.4) is 0 Å². The van der Waals surface area contributed by atoms with Crippen molar-refractivity contribution in [2.24, 2.45) is 5.92 Å². The Morgan fingerprint density at radius 2 is 1.61 bits per heavy atom. The fourth-order valence-corrected chi connectivity index (χ4v) is 10.3. The van der Waals surface area contributed by atoms with Crippen molar-refractivity contribution in [1.29, 1.82) is 0 Å². The number of fused-ring (bicyclic) bond motifs is 1. The Morgan fingerprint density at radius 3 is 2.30 bits per heavy atom. The number of rotatable bonds is 8. The second-order valence-corrected chi connectivity index (χ2v) is 18.6. The van der Waals surface area contributed by atoms with E-state index in [1.165, 1.54) is 4.31 Å². The van der Waals surface area contributed by atoms with Crippen LogP contribution in [-0.2, 0) is 30.9 Å². The van der Waals surface area contributed by atoms with Crippen LogP contribution in [0.1, 0.15) is 99.5 Å². The summed E-state index contributed by atoms with van der Waals surface area (Å²) < 4.78 is 34.2. The number of carbonyl (C=O) groups excluding carboxylic acids is 4. The molecule has 4 saturated heterocycles. The van der Waals surface area contributed by atoms with Crippen molar-refractivity contribution < 1.29 is 32.3 Å². The first kappa shape index (κ1) is 38.3. The quantitative estimate of drug-likeness (QED) is 0.378. The molecule has 0 saturated carbocycles. The second kappa shape index (κ2) is 15.6. The number of imide groups is 1. The molecule has 0 aromatic heterocycles. The van der Waals surface area contributed by atoms with E-state index < -0.39 is 27.8 Å². The van der Waals surface area contributed by atoms with Crippen LogP contribution in [-0.4, -0.2) is 110 Å². The fraction of sp³-hybridized carbons (Fsp3) is 0.600. The molecule has 2 aromatic rings. The zero-order chi connectivity index (χ0) is 38.2. The lowest BCUT2D eigenvalue weighted by atomic mass is 9.88. The maximum atomic E-state index is 13.6. The lowest BCUT2D eigenvalue weighted by Crippen LogP contribution is -2.52. The molecule has 1 unspecified atom stereocenters. The summed E-state index contributed by atoms with van der Waals surface area (Å²) in [4.78, 5) is 56.3. The van der Waals surface area contributed by atoms with E-state index in [1.807, 2.05) is 45.0 Å². The normalized spacial score (nSPS) is 23.0. The molecule has 13 nitrogen and oxygen atoms in total. The van der Waals surface area contributed by atoms with Gasteiger partial charge in [-0.2, -0.15) is 4.31 Å². The second-order valence-electron chi connectivity index (χ2n) is 16.6. The number of anilines is 1. The Hall–Kier alpha value is -4.01. The molecular formula is C40H54N6O7S. The number of likely N-dealkylation sites (tertiary alicyclic amines) is 1. The topological polar surface area (TPSA) is 149 Å². The summed E-state index contributed by atoms with van der Waals surface area (Å²) in [6.45, 7) is 11.5. The van der Waals surface area contributed by atoms with Gasteiger partial charge in [-0.05, 0) is 132 Å². The number of benzene rings is 2. The highest BCUT2D eigenvalue weighted by Gasteiger charge is 2.39. The van der Waals surface area contributed by atoms with Crippen molar-refractivity contribution in [2.75, 3.05) is 50.7 Å². The third-order valence-electron chi connectivity index (χ3n) is 11.7. The number of nitrogens with one attached hydrogen (secondary N) is 2. The fourth-order valence-electron chi connectivity index (χ4n) is 8.74. The number of piperidine rings is 4. The monoisotopic (exact) mass is 762 g/mol. The third-order valence-corrected chi connectivity index (χ3v) is 13.6. The molecule has 4 fully saturated rings. The summed E-state index contributed by atoms with van der Waals surface area (Å²) in [5.41, 5.74) is 3.18. The summed E-state index contributed by atoms with van der Waals surface area (Å²) >= 11 is 0. The van der Waals surface area contributed by atoms with E-state index in [0.29, 0.717) is 61.2 Å². The number of amides is 4. The molecule has 4 amide bonds. The molecule has 1 atom stereocenters. The van der Waals surface area contributed by atoms with E-state index >= 15 is 0 Å². The van der Waals surface area contributed by atoms with Gasteiger partial charge in [0.05, 0.1) is 4.90 Å². The highest BCUT2D eigenvalue weighted by molar-refractivity contribution is 7.89. The summed E-state index contributed by atoms with van der Waals surface area (Å²) in [7, 11) is -3.64. The van der Waals surface area contributed by atoms with Gasteiger partial charge in [-0.15, -0.1) is 0 Å². The highest BCUT2D eigenvalue weighted by atomic mass is 32.2. The molecule has 7 rings (SSSR count). The van der Waals surface area contributed by atoms with Gasteiger partial charge in [-0.1, -0.05) is 12.1 Å². The van der Waals surface area contributed by atoms with Crippen LogP contribution in [0.5, 0.6) is 0 Å². The van der Waals surface area contributed by atoms with Gasteiger partial charge in [0.2, 0.25) is 21.8 Å². The molecule has 5 aliphatic rings. The molecular weight excluding hydrogens is 709 g/mol. The molecule has 2 aromatic carbocycles. The summed E-state index contributed by atoms with van der Waals surface area (Å²) in [5, 5.41) is 5.25. The average molecular weight is 763 g/mol. The van der Waals surface area contributed by atoms with Crippen LogP contribution in [0.25, 0.3) is 0 Å². The maximum absolute atomic E-state index is 13.6. The molecule has 0 aliphatic carbocycles. The van der Waals surface area contributed by atoms with Crippen molar-refractivity contribution >= 4 is 39.5 Å². The van der Waals surface area contributed by atoms with E-state index in [9.17, 15) is 27.6 Å². The molecule has 5 heterocycles. The Bertz CT molecular complexity index is 1860. The number of hydrogen-bond donors (Lipinski definition) is 2. The zero-order valence-corrected chi connectivity index (χ0v) is 32.5. The number of alkyl carbamates (subject to hydrolysis) is 1. The maximum Gasteiger partial charge on any atom is 0.407 e. The smallest absolute Gasteiger partial charge is 0.407 e. The lowest BCUT2D eigenvalue weighted by Gasteiger charge is -2.38. The lowest BCUT2D eigenvalue weighted by molar-refractivity contribution is -0.136. The Morgan fingerprint density at radius 1 is 0.889 bits per heavy atom. The minimum atomic E-state index is -3.64. The molecule has 0 radical (unpaired) electrons. The standard InChI is InChI=1S/C40H54N6O7S/c1-40(2,3)53-39(50)41-31-15-21-45(22-16-31)54(51,52)33-6-4-5-29(24-33)28-13-17-43(18-14-28)25-27-11-19-44(20-12-27)32-7-8-34-30(23-32)26-46(38(34)49)35-9-10-36(47)42-37(35)48/h4-8,23-24,27-28,31,35H,9-22,25-26H2,1-3H3,(H,41,50)(H,42,47,48). The summed E-state index contributed by atoms with van der Waals surface area (Å²) in [6, 6.07) is 12.8. The van der Waals surface area contributed by atoms with E-state index in [2.05, 4.69) is 32.6 Å². The average Bonchev–Trinajstić information content (AvgIpc) is 3.46. The van der Waals surface area contributed by atoms with Gasteiger partial charge in [0.25, 0.3) is 5.91 Å². The zero-order valence-electron chi connectivity index (χ0n) is 31.7. The minimum Gasteiger partial charge on any atom is -0.444 e. The van der Waals surface area contributed by atoms with Crippen LogP contribution < -0.4 is 15.5 Å². The first-order chi connectivity index (χ1) is 25.7. The van der Waals surface area contributed by atoms with Crippen molar-refractivity contribution in [2.45, 2.75) is 107 Å². The van der Waals surface area contributed by atoms with E-state index in [-0.39, 0.29) is 30.2 Å². The van der Waals surface area contributed by atoms with E-state index in [4.69, 9.17) is 4.74 Å². The SMILES string of the molecule is CC(C)(C)OC(=O)NC1CCN(S(=O)(=O)c2cccc(C3CCN(CC4CCN(c5ccc6c(c5)CN(C5CCC(=O)NC5=O)C6=O)CC4)CC3)c2)CC1. The third kappa shape index (κ3) is 8.60. The Balaban J connectivity index is 0.859. The predicted molar refractivity (Wildman–Crippen MR) is 203 cm³/mol. The molecule has 14 heteroatoms. The van der Waals surface area contributed by atoms with Crippen molar-refractivity contribution in [1.82, 2.24) is 24.7 Å². The minimum absolute atomic E-state index is 0.116. The van der Waals surface area contributed by atoms with E-state index in [0.717, 1.165) is 75.2 Å². The van der Waals surface area contributed by atoms with Gasteiger partial charge in [0.15, 0.2) is 0 Å². The number of hydrogen-bond acceptors (Lipinski definition) is 9. The van der Waals surface area contributed by atoms with Gasteiger partial charge >= 0.3 is 6.09 Å². The van der Waals surface area contributed by atoms with Gasteiger partial charge < -0.3 is 24.8 Å². The Labute approximate surface area is 318 Å². The van der Waals surface area contributed by atoms with Gasteiger partial charge in [0, 0.05) is 63.0 Å².